The molecule has 0 bridgehead atoms. The molecular formula is C7H9BrN2OS. The molecule has 0 spiro atoms. The van der Waals surface area contributed by atoms with Crippen molar-refractivity contribution in [2.45, 2.75) is 6.42 Å². The van der Waals surface area contributed by atoms with Crippen molar-refractivity contribution in [1.82, 2.24) is 10.3 Å². The number of amides is 1. The second-order valence-electron chi connectivity index (χ2n) is 2.16. The van der Waals surface area contributed by atoms with E-state index in [0.29, 0.717) is 11.4 Å². The maximum atomic E-state index is 11.2. The van der Waals surface area contributed by atoms with Gasteiger partial charge in [-0.25, -0.2) is 0 Å². The van der Waals surface area contributed by atoms with Gasteiger partial charge in [-0.1, -0.05) is 15.9 Å². The van der Waals surface area contributed by atoms with Crippen molar-refractivity contribution < 1.29 is 4.79 Å². The van der Waals surface area contributed by atoms with Gasteiger partial charge in [0.1, 0.15) is 4.88 Å². The van der Waals surface area contributed by atoms with Crippen LogP contribution in [0.3, 0.4) is 0 Å². The highest BCUT2D eigenvalue weighted by Crippen LogP contribution is 2.04. The zero-order chi connectivity index (χ0) is 8.81. The molecule has 0 atom stereocenters. The SMILES string of the molecule is O=C(NCCCBr)c1cncs1. The molecule has 1 amide bonds. The summed E-state index contributed by atoms with van der Waals surface area (Å²) < 4.78 is 0. The quantitative estimate of drug-likeness (QED) is 0.651. The molecule has 0 saturated heterocycles. The molecule has 0 fully saturated rings. The van der Waals surface area contributed by atoms with Crippen LogP contribution in [0.1, 0.15) is 16.1 Å². The number of thiazole rings is 1. The maximum absolute atomic E-state index is 11.2. The number of carbonyl (C=O) groups excluding carboxylic acids is 1. The van der Waals surface area contributed by atoms with Crippen molar-refractivity contribution in [3.05, 3.63) is 16.6 Å². The third kappa shape index (κ3) is 2.91. The average Bonchev–Trinajstić information content (AvgIpc) is 2.56. The summed E-state index contributed by atoms with van der Waals surface area (Å²) in [4.78, 5) is 15.7. The summed E-state index contributed by atoms with van der Waals surface area (Å²) in [6.45, 7) is 0.710. The first-order valence-electron chi connectivity index (χ1n) is 3.57. The molecule has 0 unspecified atom stereocenters. The van der Waals surface area contributed by atoms with Gasteiger partial charge in [-0.15, -0.1) is 11.3 Å². The second-order valence-corrected chi connectivity index (χ2v) is 3.84. The molecule has 1 aromatic heterocycles. The number of halogens is 1. The van der Waals surface area contributed by atoms with Gasteiger partial charge in [-0.2, -0.15) is 0 Å². The summed E-state index contributed by atoms with van der Waals surface area (Å²) in [6, 6.07) is 0. The molecule has 0 aromatic carbocycles. The van der Waals surface area contributed by atoms with Crippen LogP contribution in [0.5, 0.6) is 0 Å². The topological polar surface area (TPSA) is 42.0 Å². The van der Waals surface area contributed by atoms with Crippen molar-refractivity contribution >= 4 is 33.2 Å². The first-order chi connectivity index (χ1) is 5.84. The van der Waals surface area contributed by atoms with E-state index in [1.165, 1.54) is 11.3 Å². The number of rotatable bonds is 4. The van der Waals surface area contributed by atoms with E-state index < -0.39 is 0 Å². The van der Waals surface area contributed by atoms with Crippen molar-refractivity contribution in [3.63, 3.8) is 0 Å². The van der Waals surface area contributed by atoms with Crippen LogP contribution in [-0.2, 0) is 0 Å². The molecule has 0 aliphatic rings. The number of aromatic nitrogens is 1. The zero-order valence-electron chi connectivity index (χ0n) is 6.42. The molecule has 1 N–H and O–H groups in total. The van der Waals surface area contributed by atoms with Gasteiger partial charge in [0.05, 0.1) is 11.7 Å². The van der Waals surface area contributed by atoms with Crippen molar-refractivity contribution in [2.24, 2.45) is 0 Å². The molecule has 66 valence electrons. The van der Waals surface area contributed by atoms with Crippen LogP contribution in [0.2, 0.25) is 0 Å². The number of hydrogen-bond donors (Lipinski definition) is 1. The Bertz CT molecular complexity index is 238. The highest BCUT2D eigenvalue weighted by Gasteiger charge is 2.04. The lowest BCUT2D eigenvalue weighted by Gasteiger charge is -1.99. The average molecular weight is 249 g/mol. The molecule has 12 heavy (non-hydrogen) atoms. The summed E-state index contributed by atoms with van der Waals surface area (Å²) in [7, 11) is 0. The molecule has 1 rings (SSSR count). The van der Waals surface area contributed by atoms with E-state index in [1.54, 1.807) is 11.7 Å². The fourth-order valence-corrected chi connectivity index (χ4v) is 1.50. The third-order valence-corrected chi connectivity index (χ3v) is 2.58. The number of hydrogen-bond acceptors (Lipinski definition) is 3. The Balaban J connectivity index is 2.30. The Kier molecular flexibility index (Phi) is 4.24. The van der Waals surface area contributed by atoms with Gasteiger partial charge in [-0.05, 0) is 6.42 Å². The first kappa shape index (κ1) is 9.67. The standard InChI is InChI=1S/C7H9BrN2OS/c8-2-1-3-10-7(11)6-4-9-5-12-6/h4-5H,1-3H2,(H,10,11). The van der Waals surface area contributed by atoms with Crippen LogP contribution < -0.4 is 5.32 Å². The summed E-state index contributed by atoms with van der Waals surface area (Å²) in [5.41, 5.74) is 1.65. The molecular weight excluding hydrogens is 240 g/mol. The van der Waals surface area contributed by atoms with Gasteiger partial charge in [0.15, 0.2) is 0 Å². The Hall–Kier alpha value is -0.420. The summed E-state index contributed by atoms with van der Waals surface area (Å²) in [5, 5.41) is 3.70. The van der Waals surface area contributed by atoms with Crippen LogP contribution in [0.15, 0.2) is 11.7 Å². The van der Waals surface area contributed by atoms with E-state index in [-0.39, 0.29) is 5.91 Å². The van der Waals surface area contributed by atoms with Crippen LogP contribution in [-0.4, -0.2) is 22.8 Å². The Morgan fingerprint density at radius 1 is 1.75 bits per heavy atom. The van der Waals surface area contributed by atoms with Gasteiger partial charge >= 0.3 is 0 Å². The highest BCUT2D eigenvalue weighted by atomic mass is 79.9. The van der Waals surface area contributed by atoms with E-state index in [9.17, 15) is 4.79 Å². The number of nitrogens with one attached hydrogen (secondary N) is 1. The van der Waals surface area contributed by atoms with Crippen molar-refractivity contribution in [3.8, 4) is 0 Å². The van der Waals surface area contributed by atoms with Crippen LogP contribution in [0.4, 0.5) is 0 Å². The largest absolute Gasteiger partial charge is 0.351 e. The van der Waals surface area contributed by atoms with Crippen LogP contribution >= 0.6 is 27.3 Å². The lowest BCUT2D eigenvalue weighted by Crippen LogP contribution is -2.23. The number of carbonyl (C=O) groups is 1. The van der Waals surface area contributed by atoms with E-state index in [2.05, 4.69) is 26.2 Å². The smallest absolute Gasteiger partial charge is 0.262 e. The highest BCUT2D eigenvalue weighted by molar-refractivity contribution is 9.09. The molecule has 3 nitrogen and oxygen atoms in total. The Morgan fingerprint density at radius 3 is 3.17 bits per heavy atom. The van der Waals surface area contributed by atoms with Gasteiger partial charge in [0, 0.05) is 11.9 Å². The number of alkyl halides is 1. The third-order valence-electron chi connectivity index (χ3n) is 1.25. The monoisotopic (exact) mass is 248 g/mol. The lowest BCUT2D eigenvalue weighted by molar-refractivity contribution is 0.0957. The maximum Gasteiger partial charge on any atom is 0.262 e. The summed E-state index contributed by atoms with van der Waals surface area (Å²) in [6.07, 6.45) is 2.53. The Labute approximate surface area is 83.3 Å². The fourth-order valence-electron chi connectivity index (χ4n) is 0.684. The van der Waals surface area contributed by atoms with E-state index in [1.807, 2.05) is 0 Å². The van der Waals surface area contributed by atoms with Gasteiger partial charge in [0.25, 0.3) is 5.91 Å². The second kappa shape index (κ2) is 5.27. The summed E-state index contributed by atoms with van der Waals surface area (Å²) in [5.74, 6) is -0.0292. The first-order valence-corrected chi connectivity index (χ1v) is 5.57. The minimum atomic E-state index is -0.0292. The molecule has 0 saturated carbocycles. The minimum Gasteiger partial charge on any atom is -0.351 e. The zero-order valence-corrected chi connectivity index (χ0v) is 8.82. The van der Waals surface area contributed by atoms with E-state index in [0.717, 1.165) is 11.8 Å². The summed E-state index contributed by atoms with van der Waals surface area (Å²) >= 11 is 4.64. The number of nitrogens with zero attached hydrogens (tertiary/aromatic N) is 1. The molecule has 1 heterocycles. The van der Waals surface area contributed by atoms with Crippen molar-refractivity contribution in [2.75, 3.05) is 11.9 Å². The van der Waals surface area contributed by atoms with Crippen LogP contribution in [0, 0.1) is 0 Å². The Morgan fingerprint density at radius 2 is 2.58 bits per heavy atom. The van der Waals surface area contributed by atoms with Crippen molar-refractivity contribution in [1.29, 1.82) is 0 Å². The molecule has 0 aliphatic heterocycles. The van der Waals surface area contributed by atoms with Gasteiger partial charge in [-0.3, -0.25) is 9.78 Å². The normalized spacial score (nSPS) is 9.75. The molecule has 5 heteroatoms. The predicted molar refractivity (Wildman–Crippen MR) is 52.9 cm³/mol. The van der Waals surface area contributed by atoms with Crippen LogP contribution in [0.25, 0.3) is 0 Å². The van der Waals surface area contributed by atoms with E-state index >= 15 is 0 Å². The lowest BCUT2D eigenvalue weighted by atomic mass is 10.4. The molecule has 1 aromatic rings. The van der Waals surface area contributed by atoms with E-state index in [4.69, 9.17) is 0 Å². The minimum absolute atomic E-state index is 0.0292. The van der Waals surface area contributed by atoms with Gasteiger partial charge in [0.2, 0.25) is 0 Å². The predicted octanol–water partition coefficient (Wildman–Crippen LogP) is 1.66. The van der Waals surface area contributed by atoms with Gasteiger partial charge < -0.3 is 5.32 Å². The molecule has 0 radical (unpaired) electrons. The molecule has 0 aliphatic carbocycles. The fraction of sp³-hybridized carbons (Fsp3) is 0.429.